The Hall–Kier alpha value is -1.38. The molecule has 0 atom stereocenters. The number of nitrogens with zero attached hydrogens (tertiary/aromatic N) is 2. The molecule has 0 saturated carbocycles. The summed E-state index contributed by atoms with van der Waals surface area (Å²) in [6.07, 6.45) is 8.76. The predicted octanol–water partition coefficient (Wildman–Crippen LogP) is 4.21. The molecule has 1 aliphatic carbocycles. The van der Waals surface area contributed by atoms with Crippen molar-refractivity contribution in [3.63, 3.8) is 0 Å². The van der Waals surface area contributed by atoms with Crippen molar-refractivity contribution in [2.45, 2.75) is 58.8 Å². The fourth-order valence-corrected chi connectivity index (χ4v) is 2.43. The van der Waals surface area contributed by atoms with Crippen LogP contribution in [-0.2, 0) is 0 Å². The molecule has 3 nitrogen and oxygen atoms in total. The molecule has 0 aliphatic heterocycles. The summed E-state index contributed by atoms with van der Waals surface area (Å²) in [6, 6.07) is 2.07. The highest BCUT2D eigenvalue weighted by Gasteiger charge is 2.07. The minimum atomic E-state index is 0.448. The maximum atomic E-state index is 4.57. The highest BCUT2D eigenvalue weighted by molar-refractivity contribution is 5.29. The summed E-state index contributed by atoms with van der Waals surface area (Å²) < 4.78 is 0. The van der Waals surface area contributed by atoms with Gasteiger partial charge in [-0.3, -0.25) is 0 Å². The monoisotopic (exact) mass is 259 g/mol. The summed E-state index contributed by atoms with van der Waals surface area (Å²) in [7, 11) is 0. The normalized spacial score (nSPS) is 15.5. The Morgan fingerprint density at radius 3 is 2.79 bits per heavy atom. The Morgan fingerprint density at radius 1 is 1.26 bits per heavy atom. The third-order valence-corrected chi connectivity index (χ3v) is 3.58. The van der Waals surface area contributed by atoms with Gasteiger partial charge in [0.2, 0.25) is 5.95 Å². The Morgan fingerprint density at radius 2 is 2.11 bits per heavy atom. The fraction of sp³-hybridized carbons (Fsp3) is 0.625. The molecule has 1 N–H and O–H groups in total. The van der Waals surface area contributed by atoms with Crippen molar-refractivity contribution in [1.82, 2.24) is 9.97 Å². The number of rotatable bonds is 5. The van der Waals surface area contributed by atoms with Crippen LogP contribution < -0.4 is 5.32 Å². The summed E-state index contributed by atoms with van der Waals surface area (Å²) in [5, 5.41) is 3.36. The number of anilines is 1. The van der Waals surface area contributed by atoms with E-state index in [0.717, 1.165) is 30.3 Å². The maximum Gasteiger partial charge on any atom is 0.223 e. The first-order valence-electron chi connectivity index (χ1n) is 7.42. The maximum absolute atomic E-state index is 4.57. The minimum absolute atomic E-state index is 0.448. The smallest absolute Gasteiger partial charge is 0.223 e. The van der Waals surface area contributed by atoms with Crippen molar-refractivity contribution < 1.29 is 0 Å². The number of hydrogen-bond donors (Lipinski definition) is 1. The van der Waals surface area contributed by atoms with E-state index in [4.69, 9.17) is 0 Å². The number of hydrogen-bond acceptors (Lipinski definition) is 3. The lowest BCUT2D eigenvalue weighted by molar-refractivity contribution is 0.678. The van der Waals surface area contributed by atoms with Gasteiger partial charge in [0.1, 0.15) is 0 Å². The molecule has 1 aromatic heterocycles. The summed E-state index contributed by atoms with van der Waals surface area (Å²) in [6.45, 7) is 7.30. The van der Waals surface area contributed by atoms with Gasteiger partial charge in [0.15, 0.2) is 0 Å². The molecule has 19 heavy (non-hydrogen) atoms. The summed E-state index contributed by atoms with van der Waals surface area (Å²) >= 11 is 0. The average Bonchev–Trinajstić information content (AvgIpc) is 2.39. The van der Waals surface area contributed by atoms with E-state index in [0.29, 0.717) is 5.92 Å². The first-order chi connectivity index (χ1) is 9.15. The fourth-order valence-electron chi connectivity index (χ4n) is 2.43. The third kappa shape index (κ3) is 4.34. The largest absolute Gasteiger partial charge is 0.354 e. The average molecular weight is 259 g/mol. The third-order valence-electron chi connectivity index (χ3n) is 3.58. The molecular formula is C16H25N3. The molecule has 1 aromatic rings. The molecule has 0 radical (unpaired) electrons. The van der Waals surface area contributed by atoms with Crippen molar-refractivity contribution in [3.8, 4) is 0 Å². The molecule has 0 aromatic carbocycles. The van der Waals surface area contributed by atoms with Crippen LogP contribution >= 0.6 is 0 Å². The number of nitrogens with one attached hydrogen (secondary N) is 1. The summed E-state index contributed by atoms with van der Waals surface area (Å²) in [4.78, 5) is 9.03. The Kier molecular flexibility index (Phi) is 4.94. The Labute approximate surface area is 116 Å². The lowest BCUT2D eigenvalue weighted by Crippen LogP contribution is -2.09. The molecule has 0 fully saturated rings. The van der Waals surface area contributed by atoms with E-state index in [2.05, 4.69) is 41.3 Å². The molecule has 2 rings (SSSR count). The highest BCUT2D eigenvalue weighted by Crippen LogP contribution is 2.20. The van der Waals surface area contributed by atoms with Crippen LogP contribution in [0.1, 0.15) is 63.3 Å². The molecule has 1 aliphatic rings. The van der Waals surface area contributed by atoms with Gasteiger partial charge in [0.25, 0.3) is 0 Å². The molecule has 0 bridgehead atoms. The molecule has 0 saturated heterocycles. The van der Waals surface area contributed by atoms with E-state index in [9.17, 15) is 0 Å². The van der Waals surface area contributed by atoms with Crippen LogP contribution in [0.2, 0.25) is 0 Å². The first kappa shape index (κ1) is 14.0. The van der Waals surface area contributed by atoms with Gasteiger partial charge in [0, 0.05) is 17.9 Å². The second-order valence-electron chi connectivity index (χ2n) is 5.70. The van der Waals surface area contributed by atoms with Crippen LogP contribution in [0.15, 0.2) is 17.7 Å². The lowest BCUT2D eigenvalue weighted by atomic mass is 9.97. The molecule has 1 heterocycles. The minimum Gasteiger partial charge on any atom is -0.354 e. The number of aryl methyl sites for hydroxylation is 1. The molecule has 104 valence electrons. The topological polar surface area (TPSA) is 37.8 Å². The van der Waals surface area contributed by atoms with E-state index < -0.39 is 0 Å². The quantitative estimate of drug-likeness (QED) is 0.805. The van der Waals surface area contributed by atoms with E-state index >= 15 is 0 Å². The number of allylic oxidation sites excluding steroid dienone is 1. The molecule has 0 unspecified atom stereocenters. The number of aromatic nitrogens is 2. The van der Waals surface area contributed by atoms with Crippen LogP contribution in [0.4, 0.5) is 5.95 Å². The van der Waals surface area contributed by atoms with Crippen molar-refractivity contribution in [3.05, 3.63) is 29.1 Å². The van der Waals surface area contributed by atoms with Gasteiger partial charge in [-0.25, -0.2) is 9.97 Å². The van der Waals surface area contributed by atoms with Crippen molar-refractivity contribution in [2.75, 3.05) is 11.9 Å². The van der Waals surface area contributed by atoms with Gasteiger partial charge < -0.3 is 5.32 Å². The van der Waals surface area contributed by atoms with E-state index in [-0.39, 0.29) is 0 Å². The molecular weight excluding hydrogens is 234 g/mol. The zero-order valence-corrected chi connectivity index (χ0v) is 12.4. The predicted molar refractivity (Wildman–Crippen MR) is 80.5 cm³/mol. The summed E-state index contributed by atoms with van der Waals surface area (Å²) in [5.74, 6) is 1.23. The van der Waals surface area contributed by atoms with Crippen LogP contribution in [-0.4, -0.2) is 16.5 Å². The molecule has 0 spiro atoms. The second-order valence-corrected chi connectivity index (χ2v) is 5.70. The van der Waals surface area contributed by atoms with Crippen LogP contribution in [0, 0.1) is 6.92 Å². The SMILES string of the molecule is Cc1cc(C(C)C)nc(NCCC2=CCCCC2)n1. The van der Waals surface area contributed by atoms with Crippen molar-refractivity contribution in [2.24, 2.45) is 0 Å². The van der Waals surface area contributed by atoms with Gasteiger partial charge in [-0.05, 0) is 51.0 Å². The van der Waals surface area contributed by atoms with Gasteiger partial charge in [-0.15, -0.1) is 0 Å². The molecule has 3 heteroatoms. The first-order valence-corrected chi connectivity index (χ1v) is 7.42. The lowest BCUT2D eigenvalue weighted by Gasteiger charge is -2.14. The van der Waals surface area contributed by atoms with Crippen LogP contribution in [0.5, 0.6) is 0 Å². The highest BCUT2D eigenvalue weighted by atomic mass is 15.1. The molecule has 0 amide bonds. The van der Waals surface area contributed by atoms with Crippen LogP contribution in [0.25, 0.3) is 0 Å². The standard InChI is InChI=1S/C16H25N3/c1-12(2)15-11-13(3)18-16(19-15)17-10-9-14-7-5-4-6-8-14/h7,11-12H,4-6,8-10H2,1-3H3,(H,17,18,19). The van der Waals surface area contributed by atoms with Gasteiger partial charge in [0.05, 0.1) is 0 Å². The van der Waals surface area contributed by atoms with Gasteiger partial charge in [-0.1, -0.05) is 25.5 Å². The Balaban J connectivity index is 1.90. The zero-order valence-electron chi connectivity index (χ0n) is 12.4. The van der Waals surface area contributed by atoms with E-state index in [1.807, 2.05) is 6.92 Å². The van der Waals surface area contributed by atoms with E-state index in [1.54, 1.807) is 5.57 Å². The Bertz CT molecular complexity index is 449. The van der Waals surface area contributed by atoms with Crippen molar-refractivity contribution in [1.29, 1.82) is 0 Å². The zero-order chi connectivity index (χ0) is 13.7. The van der Waals surface area contributed by atoms with Gasteiger partial charge in [-0.2, -0.15) is 0 Å². The van der Waals surface area contributed by atoms with Crippen molar-refractivity contribution >= 4 is 5.95 Å². The second kappa shape index (κ2) is 6.69. The van der Waals surface area contributed by atoms with E-state index in [1.165, 1.54) is 25.7 Å². The van der Waals surface area contributed by atoms with Crippen LogP contribution in [0.3, 0.4) is 0 Å². The van der Waals surface area contributed by atoms with Gasteiger partial charge >= 0.3 is 0 Å². The summed E-state index contributed by atoms with van der Waals surface area (Å²) in [5.41, 5.74) is 3.75.